The molecule has 1 aliphatic heterocycles. The molecular formula is C19H21Cl2FN6S2. The van der Waals surface area contributed by atoms with Crippen LogP contribution in [-0.2, 0) is 5.75 Å². The standard InChI is InChI=1S/C19H21Cl2FN6S2/c1-12(24-16(10-23-2)28-8-6-27(3)7-9-28)18-25-26-19(30-18)29-11-13-14(20)4-5-15(22)17(13)21/h4-5,10H,2,6-9,11H2,1,3H3/b16-10+,24-12+. The van der Waals surface area contributed by atoms with Crippen molar-refractivity contribution in [2.24, 2.45) is 9.98 Å². The van der Waals surface area contributed by atoms with Gasteiger partial charge in [0.1, 0.15) is 11.6 Å². The minimum atomic E-state index is -0.489. The van der Waals surface area contributed by atoms with Crippen LogP contribution in [0.5, 0.6) is 0 Å². The zero-order chi connectivity index (χ0) is 21.7. The highest BCUT2D eigenvalue weighted by Crippen LogP contribution is 2.34. The molecule has 0 atom stereocenters. The Morgan fingerprint density at radius 3 is 2.73 bits per heavy atom. The van der Waals surface area contributed by atoms with Gasteiger partial charge in [0.25, 0.3) is 0 Å². The number of likely N-dealkylation sites (N-methyl/N-ethyl adjacent to an activating group) is 1. The molecule has 11 heteroatoms. The molecule has 2 heterocycles. The fraction of sp³-hybridized carbons (Fsp3) is 0.368. The molecule has 0 saturated carbocycles. The molecule has 30 heavy (non-hydrogen) atoms. The van der Waals surface area contributed by atoms with E-state index < -0.39 is 5.82 Å². The third-order valence-corrected chi connectivity index (χ3v) is 7.47. The van der Waals surface area contributed by atoms with Gasteiger partial charge in [-0.2, -0.15) is 0 Å². The van der Waals surface area contributed by atoms with Gasteiger partial charge in [0, 0.05) is 42.5 Å². The number of aromatic nitrogens is 2. The second-order valence-corrected chi connectivity index (χ2v) is 9.63. The van der Waals surface area contributed by atoms with Gasteiger partial charge in [0.05, 0.1) is 16.9 Å². The van der Waals surface area contributed by atoms with Crippen molar-refractivity contribution in [3.05, 3.63) is 50.6 Å². The van der Waals surface area contributed by atoms with Gasteiger partial charge < -0.3 is 9.80 Å². The third kappa shape index (κ3) is 5.79. The van der Waals surface area contributed by atoms with E-state index in [4.69, 9.17) is 28.2 Å². The summed E-state index contributed by atoms with van der Waals surface area (Å²) in [6, 6.07) is 2.76. The summed E-state index contributed by atoms with van der Waals surface area (Å²) in [5, 5.41) is 9.61. The minimum absolute atomic E-state index is 0.0383. The number of rotatable bonds is 7. The maximum absolute atomic E-state index is 13.7. The van der Waals surface area contributed by atoms with Gasteiger partial charge in [-0.25, -0.2) is 9.38 Å². The molecular weight excluding hydrogens is 466 g/mol. The molecule has 6 nitrogen and oxygen atoms in total. The molecule has 0 amide bonds. The van der Waals surface area contributed by atoms with Crippen LogP contribution >= 0.6 is 46.3 Å². The van der Waals surface area contributed by atoms with Gasteiger partial charge in [-0.05, 0) is 32.8 Å². The Balaban J connectivity index is 1.70. The first-order valence-corrected chi connectivity index (χ1v) is 11.7. The van der Waals surface area contributed by atoms with Crippen LogP contribution in [0.3, 0.4) is 0 Å². The Bertz CT molecular complexity index is 970. The summed E-state index contributed by atoms with van der Waals surface area (Å²) in [5.41, 5.74) is 1.29. The van der Waals surface area contributed by atoms with E-state index >= 15 is 0 Å². The van der Waals surface area contributed by atoms with Crippen LogP contribution in [0.15, 0.2) is 38.5 Å². The number of thioether (sulfide) groups is 1. The number of benzene rings is 1. The quantitative estimate of drug-likeness (QED) is 0.318. The Morgan fingerprint density at radius 1 is 1.30 bits per heavy atom. The number of halogens is 3. The van der Waals surface area contributed by atoms with Crippen molar-refractivity contribution in [1.82, 2.24) is 20.0 Å². The Kier molecular flexibility index (Phi) is 8.24. The van der Waals surface area contributed by atoms with Gasteiger partial charge in [0.2, 0.25) is 0 Å². The van der Waals surface area contributed by atoms with Crippen molar-refractivity contribution in [1.29, 1.82) is 0 Å². The van der Waals surface area contributed by atoms with E-state index in [9.17, 15) is 4.39 Å². The number of hydrogen-bond acceptors (Lipinski definition) is 8. The molecule has 0 unspecified atom stereocenters. The van der Waals surface area contributed by atoms with Crippen molar-refractivity contribution in [3.63, 3.8) is 0 Å². The molecule has 0 radical (unpaired) electrons. The average Bonchev–Trinajstić information content (AvgIpc) is 3.20. The second-order valence-electron chi connectivity index (χ2n) is 6.64. The minimum Gasteiger partial charge on any atom is -0.353 e. The summed E-state index contributed by atoms with van der Waals surface area (Å²) in [4.78, 5) is 13.1. The molecule has 0 spiro atoms. The van der Waals surface area contributed by atoms with Gasteiger partial charge >= 0.3 is 0 Å². The molecule has 3 rings (SSSR count). The molecule has 1 aromatic carbocycles. The lowest BCUT2D eigenvalue weighted by Crippen LogP contribution is -2.43. The zero-order valence-electron chi connectivity index (χ0n) is 16.6. The van der Waals surface area contributed by atoms with E-state index in [-0.39, 0.29) is 5.02 Å². The van der Waals surface area contributed by atoms with Gasteiger partial charge in [-0.3, -0.25) is 4.99 Å². The average molecular weight is 487 g/mol. The summed E-state index contributed by atoms with van der Waals surface area (Å²) in [6.07, 6.45) is 1.67. The largest absolute Gasteiger partial charge is 0.353 e. The summed E-state index contributed by atoms with van der Waals surface area (Å²) in [7, 11) is 2.10. The lowest BCUT2D eigenvalue weighted by Gasteiger charge is -2.33. The van der Waals surface area contributed by atoms with E-state index in [1.807, 2.05) is 6.92 Å². The van der Waals surface area contributed by atoms with E-state index in [2.05, 4.69) is 38.8 Å². The smallest absolute Gasteiger partial charge is 0.174 e. The molecule has 1 aliphatic rings. The van der Waals surface area contributed by atoms with Crippen molar-refractivity contribution in [2.45, 2.75) is 17.0 Å². The first-order chi connectivity index (χ1) is 14.4. The number of nitrogens with zero attached hydrogens (tertiary/aromatic N) is 6. The first kappa shape index (κ1) is 23.1. The third-order valence-electron chi connectivity index (χ3n) is 4.51. The fourth-order valence-electron chi connectivity index (χ4n) is 2.77. The first-order valence-electron chi connectivity index (χ1n) is 9.13. The van der Waals surface area contributed by atoms with Crippen LogP contribution in [0, 0.1) is 5.82 Å². The van der Waals surface area contributed by atoms with Crippen molar-refractivity contribution < 1.29 is 4.39 Å². The molecule has 2 aromatic rings. The lowest BCUT2D eigenvalue weighted by atomic mass is 10.2. The van der Waals surface area contributed by atoms with Crippen LogP contribution < -0.4 is 0 Å². The summed E-state index contributed by atoms with van der Waals surface area (Å²) < 4.78 is 14.4. The highest BCUT2D eigenvalue weighted by atomic mass is 35.5. The van der Waals surface area contributed by atoms with Crippen LogP contribution in [0.1, 0.15) is 17.5 Å². The normalized spacial score (nSPS) is 16.2. The molecule has 160 valence electrons. The molecule has 0 bridgehead atoms. The maximum atomic E-state index is 13.7. The molecule has 1 fully saturated rings. The van der Waals surface area contributed by atoms with Crippen LogP contribution in [0.25, 0.3) is 0 Å². The summed E-state index contributed by atoms with van der Waals surface area (Å²) in [6.45, 7) is 9.13. The van der Waals surface area contributed by atoms with E-state index in [1.54, 1.807) is 6.20 Å². The SMILES string of the molecule is C=N/C=C(\N=C(/C)c1nnc(SCc2c(Cl)ccc(F)c2Cl)s1)N1CCN(C)CC1. The van der Waals surface area contributed by atoms with Crippen molar-refractivity contribution in [2.75, 3.05) is 33.2 Å². The molecule has 0 aliphatic carbocycles. The van der Waals surface area contributed by atoms with E-state index in [1.165, 1.54) is 35.2 Å². The van der Waals surface area contributed by atoms with Crippen molar-refractivity contribution in [3.8, 4) is 0 Å². The van der Waals surface area contributed by atoms with Crippen molar-refractivity contribution >= 4 is 58.7 Å². The fourth-order valence-corrected chi connectivity index (χ4v) is 5.27. The van der Waals surface area contributed by atoms with Crippen LogP contribution in [0.2, 0.25) is 10.0 Å². The zero-order valence-corrected chi connectivity index (χ0v) is 19.8. The van der Waals surface area contributed by atoms with E-state index in [0.29, 0.717) is 21.3 Å². The van der Waals surface area contributed by atoms with E-state index in [0.717, 1.165) is 42.1 Å². The Hall–Kier alpha value is -1.52. The molecule has 0 N–H and O–H groups in total. The predicted octanol–water partition coefficient (Wildman–Crippen LogP) is 4.83. The maximum Gasteiger partial charge on any atom is 0.174 e. The summed E-state index contributed by atoms with van der Waals surface area (Å²) >= 11 is 15.0. The monoisotopic (exact) mass is 486 g/mol. The Labute approximate surface area is 193 Å². The number of piperazine rings is 1. The number of aliphatic imine (C=N–C) groups is 2. The summed E-state index contributed by atoms with van der Waals surface area (Å²) in [5.74, 6) is 0.669. The topological polar surface area (TPSA) is 57.0 Å². The lowest BCUT2D eigenvalue weighted by molar-refractivity contribution is 0.185. The highest BCUT2D eigenvalue weighted by molar-refractivity contribution is 8.00. The Morgan fingerprint density at radius 2 is 2.03 bits per heavy atom. The predicted molar refractivity (Wildman–Crippen MR) is 125 cm³/mol. The van der Waals surface area contributed by atoms with Crippen LogP contribution in [0.4, 0.5) is 4.39 Å². The number of hydrogen-bond donors (Lipinski definition) is 0. The van der Waals surface area contributed by atoms with Gasteiger partial charge in [0.15, 0.2) is 9.35 Å². The van der Waals surface area contributed by atoms with Crippen LogP contribution in [-0.4, -0.2) is 65.7 Å². The molecule has 1 saturated heterocycles. The van der Waals surface area contributed by atoms with Gasteiger partial charge in [-0.15, -0.1) is 10.2 Å². The molecule has 1 aromatic heterocycles. The van der Waals surface area contributed by atoms with Gasteiger partial charge in [-0.1, -0.05) is 46.3 Å². The highest BCUT2D eigenvalue weighted by Gasteiger charge is 2.18. The second kappa shape index (κ2) is 10.7.